The lowest BCUT2D eigenvalue weighted by atomic mass is 10.1. The van der Waals surface area contributed by atoms with Gasteiger partial charge in [0.05, 0.1) is 5.69 Å². The molecule has 2 heterocycles. The first-order valence-corrected chi connectivity index (χ1v) is 9.88. The third-order valence-corrected chi connectivity index (χ3v) is 4.89. The van der Waals surface area contributed by atoms with Gasteiger partial charge in [0.15, 0.2) is 5.82 Å². The van der Waals surface area contributed by atoms with Crippen molar-refractivity contribution in [1.29, 1.82) is 0 Å². The molecule has 0 spiro atoms. The number of aromatic nitrogens is 2. The highest BCUT2D eigenvalue weighted by molar-refractivity contribution is 6.30. The standard InChI is InChI=1S/C20H25ClN4O2/c1-2-10-22-20(27)18-24-17(16-8-3-4-12-25(16)18)19(26)23-11-9-14-6-5-7-15(21)13-14/h5-7,13H,2-4,8-12H2,1H3,(H,22,27)(H,23,26). The molecule has 0 aliphatic carbocycles. The highest BCUT2D eigenvalue weighted by Gasteiger charge is 2.27. The third-order valence-electron chi connectivity index (χ3n) is 4.66. The molecular formula is C20H25ClN4O2. The van der Waals surface area contributed by atoms with Crippen molar-refractivity contribution >= 4 is 23.4 Å². The molecule has 1 aromatic heterocycles. The molecule has 144 valence electrons. The Hall–Kier alpha value is -2.34. The fourth-order valence-electron chi connectivity index (χ4n) is 3.31. The van der Waals surface area contributed by atoms with Gasteiger partial charge in [0.2, 0.25) is 0 Å². The molecule has 0 unspecified atom stereocenters. The molecule has 0 saturated carbocycles. The van der Waals surface area contributed by atoms with Crippen molar-refractivity contribution in [3.05, 3.63) is 52.1 Å². The van der Waals surface area contributed by atoms with Crippen molar-refractivity contribution in [3.63, 3.8) is 0 Å². The van der Waals surface area contributed by atoms with Crippen LogP contribution in [0.15, 0.2) is 24.3 Å². The van der Waals surface area contributed by atoms with Gasteiger partial charge in [-0.1, -0.05) is 30.7 Å². The number of hydrogen-bond donors (Lipinski definition) is 2. The number of nitrogens with zero attached hydrogens (tertiary/aromatic N) is 2. The van der Waals surface area contributed by atoms with E-state index in [0.717, 1.165) is 43.5 Å². The van der Waals surface area contributed by atoms with Crippen molar-refractivity contribution < 1.29 is 9.59 Å². The van der Waals surface area contributed by atoms with Crippen molar-refractivity contribution in [2.75, 3.05) is 13.1 Å². The number of carbonyl (C=O) groups excluding carboxylic acids is 2. The Labute approximate surface area is 164 Å². The van der Waals surface area contributed by atoms with Gasteiger partial charge in [0, 0.05) is 24.7 Å². The molecule has 6 nitrogen and oxygen atoms in total. The summed E-state index contributed by atoms with van der Waals surface area (Å²) in [5, 5.41) is 6.46. The van der Waals surface area contributed by atoms with E-state index in [1.807, 2.05) is 35.8 Å². The number of fused-ring (bicyclic) bond motifs is 1. The van der Waals surface area contributed by atoms with Gasteiger partial charge in [-0.05, 0) is 49.8 Å². The monoisotopic (exact) mass is 388 g/mol. The zero-order chi connectivity index (χ0) is 19.2. The van der Waals surface area contributed by atoms with E-state index in [-0.39, 0.29) is 11.8 Å². The minimum atomic E-state index is -0.225. The molecule has 3 rings (SSSR count). The zero-order valence-electron chi connectivity index (χ0n) is 15.6. The molecule has 1 aliphatic heterocycles. The van der Waals surface area contributed by atoms with E-state index in [0.29, 0.717) is 36.1 Å². The molecule has 0 bridgehead atoms. The van der Waals surface area contributed by atoms with Gasteiger partial charge in [0.1, 0.15) is 5.69 Å². The second kappa shape index (κ2) is 9.04. The summed E-state index contributed by atoms with van der Waals surface area (Å²) >= 11 is 5.99. The fraction of sp³-hybridized carbons (Fsp3) is 0.450. The summed E-state index contributed by atoms with van der Waals surface area (Å²) in [6.45, 7) is 3.82. The largest absolute Gasteiger partial charge is 0.350 e. The van der Waals surface area contributed by atoms with Crippen LogP contribution in [0.2, 0.25) is 5.02 Å². The Morgan fingerprint density at radius 3 is 2.78 bits per heavy atom. The van der Waals surface area contributed by atoms with Gasteiger partial charge in [0.25, 0.3) is 11.8 Å². The van der Waals surface area contributed by atoms with Crippen LogP contribution in [0.5, 0.6) is 0 Å². The van der Waals surface area contributed by atoms with E-state index >= 15 is 0 Å². The number of halogens is 1. The maximum Gasteiger partial charge on any atom is 0.287 e. The summed E-state index contributed by atoms with van der Waals surface area (Å²) in [4.78, 5) is 29.5. The molecule has 0 fully saturated rings. The lowest BCUT2D eigenvalue weighted by Crippen LogP contribution is -2.28. The Balaban J connectivity index is 1.70. The highest BCUT2D eigenvalue weighted by atomic mass is 35.5. The normalized spacial score (nSPS) is 13.1. The molecule has 0 saturated heterocycles. The van der Waals surface area contributed by atoms with Crippen LogP contribution in [-0.2, 0) is 19.4 Å². The van der Waals surface area contributed by atoms with Gasteiger partial charge in [-0.2, -0.15) is 0 Å². The van der Waals surface area contributed by atoms with Crippen molar-refractivity contribution in [2.24, 2.45) is 0 Å². The number of rotatable bonds is 7. The zero-order valence-corrected chi connectivity index (χ0v) is 16.3. The lowest BCUT2D eigenvalue weighted by Gasteiger charge is -2.17. The van der Waals surface area contributed by atoms with E-state index in [1.165, 1.54) is 0 Å². The number of hydrogen-bond acceptors (Lipinski definition) is 3. The predicted molar refractivity (Wildman–Crippen MR) is 105 cm³/mol. The van der Waals surface area contributed by atoms with Gasteiger partial charge >= 0.3 is 0 Å². The second-order valence-electron chi connectivity index (χ2n) is 6.73. The number of benzene rings is 1. The Bertz CT molecular complexity index is 831. The number of nitrogens with one attached hydrogen (secondary N) is 2. The smallest absolute Gasteiger partial charge is 0.287 e. The summed E-state index contributed by atoms with van der Waals surface area (Å²) < 4.78 is 1.90. The van der Waals surface area contributed by atoms with E-state index in [9.17, 15) is 9.59 Å². The molecule has 1 aliphatic rings. The number of carbonyl (C=O) groups is 2. The second-order valence-corrected chi connectivity index (χ2v) is 7.17. The molecule has 0 radical (unpaired) electrons. The van der Waals surface area contributed by atoms with Crippen LogP contribution < -0.4 is 10.6 Å². The maximum absolute atomic E-state index is 12.7. The van der Waals surface area contributed by atoms with Crippen LogP contribution in [0.1, 0.15) is 58.6 Å². The summed E-state index contributed by atoms with van der Waals surface area (Å²) in [5.41, 5.74) is 2.31. The number of amides is 2. The van der Waals surface area contributed by atoms with Crippen LogP contribution in [0.4, 0.5) is 0 Å². The van der Waals surface area contributed by atoms with Gasteiger partial charge in [-0.15, -0.1) is 0 Å². The van der Waals surface area contributed by atoms with Crippen LogP contribution in [-0.4, -0.2) is 34.5 Å². The van der Waals surface area contributed by atoms with Gasteiger partial charge < -0.3 is 15.2 Å². The van der Waals surface area contributed by atoms with Crippen molar-refractivity contribution in [1.82, 2.24) is 20.2 Å². The summed E-state index contributed by atoms with van der Waals surface area (Å²) in [7, 11) is 0. The maximum atomic E-state index is 12.7. The Morgan fingerprint density at radius 2 is 2.00 bits per heavy atom. The highest BCUT2D eigenvalue weighted by Crippen LogP contribution is 2.21. The summed E-state index contributed by atoms with van der Waals surface area (Å²) in [6, 6.07) is 7.59. The first kappa shape index (κ1) is 19.4. The molecular weight excluding hydrogens is 364 g/mol. The van der Waals surface area contributed by atoms with Crippen molar-refractivity contribution in [3.8, 4) is 0 Å². The first-order valence-electron chi connectivity index (χ1n) is 9.50. The molecule has 0 atom stereocenters. The summed E-state index contributed by atoms with van der Waals surface area (Å²) in [5.74, 6) is -0.0895. The quantitative estimate of drug-likeness (QED) is 0.765. The molecule has 1 aromatic carbocycles. The van der Waals surface area contributed by atoms with Crippen molar-refractivity contribution in [2.45, 2.75) is 45.6 Å². The lowest BCUT2D eigenvalue weighted by molar-refractivity contribution is 0.0937. The predicted octanol–water partition coefficient (Wildman–Crippen LogP) is 2.99. The summed E-state index contributed by atoms with van der Waals surface area (Å²) in [6.07, 6.45) is 4.31. The molecule has 2 amide bonds. The Kier molecular flexibility index (Phi) is 6.50. The SMILES string of the molecule is CCCNC(=O)c1nc(C(=O)NCCc2cccc(Cl)c2)c2n1CCCC2. The molecule has 2 N–H and O–H groups in total. The number of imidazole rings is 1. The first-order chi connectivity index (χ1) is 13.1. The third kappa shape index (κ3) is 4.69. The minimum absolute atomic E-state index is 0.210. The van der Waals surface area contributed by atoms with Gasteiger partial charge in [-0.25, -0.2) is 4.98 Å². The van der Waals surface area contributed by atoms with Gasteiger partial charge in [-0.3, -0.25) is 9.59 Å². The Morgan fingerprint density at radius 1 is 1.19 bits per heavy atom. The molecule has 2 aromatic rings. The fourth-order valence-corrected chi connectivity index (χ4v) is 3.53. The van der Waals surface area contributed by atoms with E-state index in [4.69, 9.17) is 11.6 Å². The van der Waals surface area contributed by atoms with E-state index in [1.54, 1.807) is 0 Å². The average molecular weight is 389 g/mol. The van der Waals surface area contributed by atoms with Crippen LogP contribution in [0.3, 0.4) is 0 Å². The average Bonchev–Trinajstić information content (AvgIpc) is 3.06. The topological polar surface area (TPSA) is 76.0 Å². The van der Waals surface area contributed by atoms with Crippen LogP contribution in [0.25, 0.3) is 0 Å². The molecule has 27 heavy (non-hydrogen) atoms. The molecule has 7 heteroatoms. The minimum Gasteiger partial charge on any atom is -0.350 e. The van der Waals surface area contributed by atoms with Crippen LogP contribution in [0, 0.1) is 0 Å². The van der Waals surface area contributed by atoms with E-state index < -0.39 is 0 Å². The van der Waals surface area contributed by atoms with E-state index in [2.05, 4.69) is 15.6 Å². The van der Waals surface area contributed by atoms with Crippen LogP contribution >= 0.6 is 11.6 Å².